The van der Waals surface area contributed by atoms with Crippen molar-refractivity contribution in [2.45, 2.75) is 6.36 Å². The molecule has 0 aliphatic rings. The number of hydrogen-bond acceptors (Lipinski definition) is 3. The molecule has 2 N–H and O–H groups in total. The van der Waals surface area contributed by atoms with Crippen molar-refractivity contribution in [1.29, 1.82) is 0 Å². The van der Waals surface area contributed by atoms with Gasteiger partial charge in [0.1, 0.15) is 11.4 Å². The Bertz CT molecular complexity index is 1010. The first-order valence-electron chi connectivity index (χ1n) is 7.11. The first-order chi connectivity index (χ1) is 12.2. The smallest absolute Gasteiger partial charge is 0.477 e. The molecule has 1 aromatic heterocycles. The summed E-state index contributed by atoms with van der Waals surface area (Å²) in [5, 5.41) is 10.0. The van der Waals surface area contributed by atoms with Crippen LogP contribution in [0.2, 0.25) is 5.02 Å². The van der Waals surface area contributed by atoms with Crippen LogP contribution in [0.4, 0.5) is 13.2 Å². The van der Waals surface area contributed by atoms with Crippen LogP contribution in [0, 0.1) is 0 Å². The van der Waals surface area contributed by atoms with Crippen LogP contribution in [0.15, 0.2) is 42.5 Å². The van der Waals surface area contributed by atoms with E-state index in [9.17, 15) is 27.9 Å². The highest BCUT2D eigenvalue weighted by molar-refractivity contribution is 6.31. The molecule has 3 rings (SSSR count). The zero-order valence-corrected chi connectivity index (χ0v) is 13.5. The van der Waals surface area contributed by atoms with Gasteiger partial charge in [-0.15, -0.1) is 13.2 Å². The second-order valence-corrected chi connectivity index (χ2v) is 5.71. The highest BCUT2D eigenvalue weighted by Crippen LogP contribution is 2.29. The largest absolute Gasteiger partial charge is 0.573 e. The van der Waals surface area contributed by atoms with Crippen LogP contribution in [0.3, 0.4) is 0 Å². The van der Waals surface area contributed by atoms with E-state index in [1.807, 2.05) is 0 Å². The number of alkyl halides is 3. The molecule has 0 atom stereocenters. The Morgan fingerprint density at radius 2 is 1.73 bits per heavy atom. The molecule has 0 fully saturated rings. The number of carbonyl (C=O) groups excluding carboxylic acids is 1. The van der Waals surface area contributed by atoms with Crippen molar-refractivity contribution in [1.82, 2.24) is 4.98 Å². The number of ketones is 1. The summed E-state index contributed by atoms with van der Waals surface area (Å²) in [5.74, 6) is -2.49. The van der Waals surface area contributed by atoms with E-state index in [1.54, 1.807) is 0 Å². The van der Waals surface area contributed by atoms with E-state index in [0.717, 1.165) is 24.3 Å². The molecular formula is C17H9ClF3NO4. The summed E-state index contributed by atoms with van der Waals surface area (Å²) in [6.45, 7) is 0. The third kappa shape index (κ3) is 3.50. The zero-order chi connectivity index (χ0) is 19.1. The molecule has 0 saturated heterocycles. The summed E-state index contributed by atoms with van der Waals surface area (Å²) < 4.78 is 40.4. The van der Waals surface area contributed by atoms with Crippen molar-refractivity contribution in [3.8, 4) is 5.75 Å². The number of carboxylic acid groups (broad SMARTS) is 1. The summed E-state index contributed by atoms with van der Waals surface area (Å²) in [5.41, 5.74) is -0.0651. The van der Waals surface area contributed by atoms with Crippen LogP contribution in [-0.4, -0.2) is 28.2 Å². The zero-order valence-electron chi connectivity index (χ0n) is 12.7. The maximum absolute atomic E-state index is 12.7. The van der Waals surface area contributed by atoms with Gasteiger partial charge in [0.2, 0.25) is 0 Å². The molecule has 134 valence electrons. The lowest BCUT2D eigenvalue weighted by Gasteiger charge is -2.09. The van der Waals surface area contributed by atoms with Crippen molar-refractivity contribution in [2.75, 3.05) is 0 Å². The molecule has 0 aliphatic carbocycles. The van der Waals surface area contributed by atoms with Crippen molar-refractivity contribution in [3.05, 3.63) is 64.3 Å². The number of hydrogen-bond donors (Lipinski definition) is 2. The first kappa shape index (κ1) is 17.8. The van der Waals surface area contributed by atoms with E-state index < -0.39 is 23.9 Å². The van der Waals surface area contributed by atoms with Crippen LogP contribution in [0.25, 0.3) is 10.9 Å². The number of nitrogens with one attached hydrogen (secondary N) is 1. The third-order valence-corrected chi connectivity index (χ3v) is 3.79. The fourth-order valence-electron chi connectivity index (χ4n) is 2.52. The number of aromatic nitrogens is 1. The molecule has 0 amide bonds. The fourth-order valence-corrected chi connectivity index (χ4v) is 2.69. The van der Waals surface area contributed by atoms with Gasteiger partial charge in [-0.1, -0.05) is 17.7 Å². The van der Waals surface area contributed by atoms with E-state index in [1.165, 1.54) is 18.2 Å². The Morgan fingerprint density at radius 1 is 1.08 bits per heavy atom. The summed E-state index contributed by atoms with van der Waals surface area (Å²) in [6.07, 6.45) is -4.85. The van der Waals surface area contributed by atoms with Gasteiger partial charge >= 0.3 is 12.3 Å². The number of ether oxygens (including phenoxy) is 1. The number of halogens is 4. The molecule has 0 radical (unpaired) electrons. The van der Waals surface area contributed by atoms with Gasteiger partial charge < -0.3 is 14.8 Å². The normalized spacial score (nSPS) is 11.5. The number of rotatable bonds is 4. The molecule has 9 heteroatoms. The lowest BCUT2D eigenvalue weighted by atomic mass is 10.00. The van der Waals surface area contributed by atoms with Gasteiger partial charge in [0.15, 0.2) is 5.78 Å². The van der Waals surface area contributed by atoms with Gasteiger partial charge in [-0.3, -0.25) is 4.79 Å². The molecular weight excluding hydrogens is 375 g/mol. The Labute approximate surface area is 149 Å². The van der Waals surface area contributed by atoms with Crippen molar-refractivity contribution >= 4 is 34.3 Å². The van der Waals surface area contributed by atoms with Gasteiger partial charge in [-0.2, -0.15) is 0 Å². The maximum Gasteiger partial charge on any atom is 0.573 e. The lowest BCUT2D eigenvalue weighted by molar-refractivity contribution is -0.274. The molecule has 3 aromatic rings. The van der Waals surface area contributed by atoms with Gasteiger partial charge in [0, 0.05) is 21.5 Å². The summed E-state index contributed by atoms with van der Waals surface area (Å²) in [6, 6.07) is 8.68. The predicted molar refractivity (Wildman–Crippen MR) is 86.8 cm³/mol. The van der Waals surface area contributed by atoms with Crippen molar-refractivity contribution in [2.24, 2.45) is 0 Å². The second kappa shape index (κ2) is 6.38. The van der Waals surface area contributed by atoms with Crippen LogP contribution < -0.4 is 4.74 Å². The molecule has 0 spiro atoms. The topological polar surface area (TPSA) is 79.4 Å². The SMILES string of the molecule is O=C(O)c1[nH]c2cc(Cl)ccc2c1C(=O)c1ccc(OC(F)(F)F)cc1. The average molecular weight is 384 g/mol. The highest BCUT2D eigenvalue weighted by Gasteiger charge is 2.31. The van der Waals surface area contributed by atoms with Gasteiger partial charge in [-0.25, -0.2) is 4.79 Å². The number of aromatic carboxylic acids is 1. The number of H-pyrrole nitrogens is 1. The summed E-state index contributed by atoms with van der Waals surface area (Å²) in [4.78, 5) is 26.8. The minimum Gasteiger partial charge on any atom is -0.477 e. The first-order valence-corrected chi connectivity index (χ1v) is 7.48. The molecule has 0 unspecified atom stereocenters. The number of fused-ring (bicyclic) bond motifs is 1. The summed E-state index contributed by atoms with van der Waals surface area (Å²) in [7, 11) is 0. The standard InChI is InChI=1S/C17H9ClF3NO4/c18-9-3-6-11-12(7-9)22-14(16(24)25)13(11)15(23)8-1-4-10(5-2-8)26-17(19,20)21/h1-7,22H,(H,24,25). The molecule has 0 bridgehead atoms. The Morgan fingerprint density at radius 3 is 2.31 bits per heavy atom. The van der Waals surface area contributed by atoms with E-state index in [0.29, 0.717) is 15.9 Å². The highest BCUT2D eigenvalue weighted by atomic mass is 35.5. The third-order valence-electron chi connectivity index (χ3n) is 3.55. The maximum atomic E-state index is 12.7. The Hall–Kier alpha value is -3.00. The molecule has 0 saturated carbocycles. The van der Waals surface area contributed by atoms with Gasteiger partial charge in [0.05, 0.1) is 5.56 Å². The number of aromatic amines is 1. The van der Waals surface area contributed by atoms with Gasteiger partial charge in [0.25, 0.3) is 0 Å². The van der Waals surface area contributed by atoms with E-state index in [2.05, 4.69) is 9.72 Å². The predicted octanol–water partition coefficient (Wildman–Crippen LogP) is 4.65. The van der Waals surface area contributed by atoms with Crippen molar-refractivity contribution < 1.29 is 32.6 Å². The number of carboxylic acids is 1. The van der Waals surface area contributed by atoms with Crippen LogP contribution in [0.5, 0.6) is 5.75 Å². The fraction of sp³-hybridized carbons (Fsp3) is 0.0588. The molecule has 0 aliphatic heterocycles. The van der Waals surface area contributed by atoms with Crippen LogP contribution in [-0.2, 0) is 0 Å². The number of carbonyl (C=O) groups is 2. The van der Waals surface area contributed by atoms with E-state index in [-0.39, 0.29) is 16.8 Å². The lowest BCUT2D eigenvalue weighted by Crippen LogP contribution is -2.17. The molecule has 1 heterocycles. The Kier molecular flexibility index (Phi) is 4.37. The summed E-state index contributed by atoms with van der Waals surface area (Å²) >= 11 is 5.87. The van der Waals surface area contributed by atoms with Crippen LogP contribution in [0.1, 0.15) is 26.4 Å². The molecule has 26 heavy (non-hydrogen) atoms. The van der Waals surface area contributed by atoms with Crippen molar-refractivity contribution in [3.63, 3.8) is 0 Å². The van der Waals surface area contributed by atoms with E-state index >= 15 is 0 Å². The van der Waals surface area contributed by atoms with E-state index in [4.69, 9.17) is 11.6 Å². The second-order valence-electron chi connectivity index (χ2n) is 5.27. The average Bonchev–Trinajstić information content (AvgIpc) is 2.92. The quantitative estimate of drug-likeness (QED) is 0.643. The number of benzene rings is 2. The minimum absolute atomic E-state index is 0.0119. The van der Waals surface area contributed by atoms with Gasteiger partial charge in [-0.05, 0) is 36.4 Å². The molecule has 2 aromatic carbocycles. The monoisotopic (exact) mass is 383 g/mol. The minimum atomic E-state index is -4.85. The molecule has 5 nitrogen and oxygen atoms in total. The Balaban J connectivity index is 2.04. The van der Waals surface area contributed by atoms with Crippen LogP contribution >= 0.6 is 11.6 Å².